The monoisotopic (exact) mass is 469 g/mol. The maximum absolute atomic E-state index is 5.57. The molecule has 35 heavy (non-hydrogen) atoms. The molecule has 8 heteroatoms. The fraction of sp³-hybridized carbons (Fsp3) is 0.370. The van der Waals surface area contributed by atoms with Gasteiger partial charge in [-0.15, -0.1) is 0 Å². The molecule has 0 radical (unpaired) electrons. The van der Waals surface area contributed by atoms with Crippen molar-refractivity contribution < 1.29 is 4.74 Å². The van der Waals surface area contributed by atoms with Crippen molar-refractivity contribution in [3.63, 3.8) is 0 Å². The van der Waals surface area contributed by atoms with E-state index < -0.39 is 0 Å². The van der Waals surface area contributed by atoms with Crippen LogP contribution in [0.3, 0.4) is 0 Å². The van der Waals surface area contributed by atoms with Crippen LogP contribution < -0.4 is 15.0 Å². The highest BCUT2D eigenvalue weighted by Crippen LogP contribution is 2.36. The van der Waals surface area contributed by atoms with Crippen molar-refractivity contribution in [2.75, 3.05) is 29.9 Å². The zero-order valence-corrected chi connectivity index (χ0v) is 20.4. The number of imidazole rings is 1. The molecule has 2 aliphatic heterocycles. The van der Waals surface area contributed by atoms with E-state index in [2.05, 4.69) is 63.2 Å². The van der Waals surface area contributed by atoms with E-state index in [1.807, 2.05) is 35.9 Å². The first-order valence-corrected chi connectivity index (χ1v) is 12.4. The number of hydrogen-bond acceptors (Lipinski definition) is 7. The molecule has 180 valence electrons. The molecule has 2 bridgehead atoms. The maximum Gasteiger partial charge on any atom is 0.213 e. The quantitative estimate of drug-likeness (QED) is 0.424. The van der Waals surface area contributed by atoms with Crippen LogP contribution in [0.5, 0.6) is 5.88 Å². The van der Waals surface area contributed by atoms with Gasteiger partial charge >= 0.3 is 0 Å². The Labute approximate surface area is 205 Å². The van der Waals surface area contributed by atoms with Gasteiger partial charge in [0.1, 0.15) is 0 Å². The van der Waals surface area contributed by atoms with Gasteiger partial charge in [-0.25, -0.2) is 15.0 Å². The van der Waals surface area contributed by atoms with Gasteiger partial charge < -0.3 is 15.0 Å². The molecule has 2 saturated heterocycles. The number of nitrogens with zero attached hydrogens (tertiary/aromatic N) is 6. The summed E-state index contributed by atoms with van der Waals surface area (Å²) in [6.07, 6.45) is 8.63. The van der Waals surface area contributed by atoms with E-state index in [1.54, 1.807) is 12.4 Å². The average Bonchev–Trinajstić information content (AvgIpc) is 3.61. The van der Waals surface area contributed by atoms with Crippen LogP contribution in [0.2, 0.25) is 0 Å². The van der Waals surface area contributed by atoms with Gasteiger partial charge in [-0.3, -0.25) is 9.30 Å². The lowest BCUT2D eigenvalue weighted by molar-refractivity contribution is 0.191. The number of aromatic nitrogens is 4. The Morgan fingerprint density at radius 3 is 2.63 bits per heavy atom. The number of benzene rings is 1. The molecule has 8 nitrogen and oxygen atoms in total. The summed E-state index contributed by atoms with van der Waals surface area (Å²) in [4.78, 5) is 18.8. The zero-order chi connectivity index (χ0) is 23.9. The lowest BCUT2D eigenvalue weighted by Gasteiger charge is -2.37. The summed E-state index contributed by atoms with van der Waals surface area (Å²) >= 11 is 0. The first-order valence-electron chi connectivity index (χ1n) is 12.4. The molecular formula is C27H31N7O. The lowest BCUT2D eigenvalue weighted by Crippen LogP contribution is -2.48. The van der Waals surface area contributed by atoms with Crippen LogP contribution in [0.25, 0.3) is 16.9 Å². The molecule has 1 aromatic carbocycles. The van der Waals surface area contributed by atoms with Gasteiger partial charge in [0.05, 0.1) is 18.5 Å². The standard InChI is InChI=1S/C27H31N7O/c1-4-35-25-13-19(9-10-28-25)24-15-30-26(27-29-11-12-32(24)27)31-20-5-7-21(8-6-20)34-17-22-14-23(34)16-33(22)18(2)3/h5-13,15,18,22-23H,4,14,16-17H2,1-3H3,(H,30,31)/t22-,23-/m0/s1. The first kappa shape index (κ1) is 21.9. The third-order valence-corrected chi connectivity index (χ3v) is 7.16. The van der Waals surface area contributed by atoms with Crippen LogP contribution in [0.15, 0.2) is 61.2 Å². The van der Waals surface area contributed by atoms with Crippen LogP contribution in [-0.2, 0) is 0 Å². The molecule has 2 atom stereocenters. The van der Waals surface area contributed by atoms with Crippen LogP contribution in [0, 0.1) is 0 Å². The largest absolute Gasteiger partial charge is 0.478 e. The second kappa shape index (κ2) is 8.85. The Bertz CT molecular complexity index is 1330. The number of nitrogens with one attached hydrogen (secondary N) is 1. The van der Waals surface area contributed by atoms with Crippen LogP contribution >= 0.6 is 0 Å². The second-order valence-electron chi connectivity index (χ2n) is 9.59. The SMILES string of the molecule is CCOc1cc(-c2cnc(Nc3ccc(N4C[C@@H]5C[C@H]4CN5C(C)C)cc3)c3nccn23)ccn1. The normalized spacial score (nSPS) is 19.7. The summed E-state index contributed by atoms with van der Waals surface area (Å²) in [7, 11) is 0. The topological polar surface area (TPSA) is 70.8 Å². The number of likely N-dealkylation sites (tertiary alicyclic amines) is 1. The van der Waals surface area contributed by atoms with E-state index in [4.69, 9.17) is 9.72 Å². The number of rotatable bonds is 7. The van der Waals surface area contributed by atoms with E-state index in [1.165, 1.54) is 18.7 Å². The summed E-state index contributed by atoms with van der Waals surface area (Å²) in [6, 6.07) is 14.5. The van der Waals surface area contributed by atoms with E-state index in [0.29, 0.717) is 30.6 Å². The molecule has 4 aromatic rings. The van der Waals surface area contributed by atoms with Crippen molar-refractivity contribution in [3.05, 3.63) is 61.2 Å². The summed E-state index contributed by atoms with van der Waals surface area (Å²) in [5.41, 5.74) is 4.97. The van der Waals surface area contributed by atoms with Crippen molar-refractivity contribution in [1.82, 2.24) is 24.3 Å². The number of anilines is 3. The van der Waals surface area contributed by atoms with E-state index >= 15 is 0 Å². The van der Waals surface area contributed by atoms with Crippen molar-refractivity contribution in [2.24, 2.45) is 0 Å². The third kappa shape index (κ3) is 3.97. The maximum atomic E-state index is 5.57. The fourth-order valence-corrected chi connectivity index (χ4v) is 5.54. The van der Waals surface area contributed by atoms with Crippen LogP contribution in [0.1, 0.15) is 27.2 Å². The first-order chi connectivity index (χ1) is 17.1. The minimum atomic E-state index is 0.576. The summed E-state index contributed by atoms with van der Waals surface area (Å²) in [6.45, 7) is 9.42. The van der Waals surface area contributed by atoms with E-state index in [-0.39, 0.29) is 0 Å². The molecule has 0 unspecified atom stereocenters. The van der Waals surface area contributed by atoms with Crippen molar-refractivity contribution in [2.45, 2.75) is 45.3 Å². The lowest BCUT2D eigenvalue weighted by atomic mass is 10.2. The number of ether oxygens (including phenoxy) is 1. The highest BCUT2D eigenvalue weighted by molar-refractivity contribution is 5.75. The fourth-order valence-electron chi connectivity index (χ4n) is 5.54. The van der Waals surface area contributed by atoms with Crippen LogP contribution in [0.4, 0.5) is 17.2 Å². The molecule has 1 N–H and O–H groups in total. The predicted octanol–water partition coefficient (Wildman–Crippen LogP) is 4.60. The van der Waals surface area contributed by atoms with Gasteiger partial charge in [0.2, 0.25) is 5.88 Å². The summed E-state index contributed by atoms with van der Waals surface area (Å²) in [5.74, 6) is 1.32. The molecule has 2 aliphatic rings. The molecule has 0 amide bonds. The highest BCUT2D eigenvalue weighted by atomic mass is 16.5. The Morgan fingerprint density at radius 2 is 1.89 bits per heavy atom. The van der Waals surface area contributed by atoms with Crippen molar-refractivity contribution in [1.29, 1.82) is 0 Å². The smallest absolute Gasteiger partial charge is 0.213 e. The van der Waals surface area contributed by atoms with E-state index in [9.17, 15) is 0 Å². The Balaban J connectivity index is 1.21. The Hall–Kier alpha value is -3.65. The Morgan fingerprint density at radius 1 is 1.03 bits per heavy atom. The molecule has 0 spiro atoms. The van der Waals surface area contributed by atoms with Crippen molar-refractivity contribution >= 4 is 22.8 Å². The number of hydrogen-bond donors (Lipinski definition) is 1. The highest BCUT2D eigenvalue weighted by Gasteiger charge is 2.43. The summed E-state index contributed by atoms with van der Waals surface area (Å²) < 4.78 is 7.61. The third-order valence-electron chi connectivity index (χ3n) is 7.16. The van der Waals surface area contributed by atoms with Gasteiger partial charge in [0.25, 0.3) is 0 Å². The zero-order valence-electron chi connectivity index (χ0n) is 20.4. The molecule has 2 fully saturated rings. The number of piperazine rings is 1. The van der Waals surface area contributed by atoms with Gasteiger partial charge in [-0.1, -0.05) is 0 Å². The molecule has 3 aromatic heterocycles. The van der Waals surface area contributed by atoms with Crippen LogP contribution in [-0.4, -0.2) is 62.1 Å². The molecule has 6 rings (SSSR count). The van der Waals surface area contributed by atoms with Gasteiger partial charge in [0.15, 0.2) is 11.5 Å². The molecule has 5 heterocycles. The molecular weight excluding hydrogens is 438 g/mol. The average molecular weight is 470 g/mol. The Kier molecular flexibility index (Phi) is 5.53. The summed E-state index contributed by atoms with van der Waals surface area (Å²) in [5, 5.41) is 3.46. The number of fused-ring (bicyclic) bond motifs is 3. The second-order valence-corrected chi connectivity index (χ2v) is 9.59. The van der Waals surface area contributed by atoms with E-state index in [0.717, 1.165) is 35.0 Å². The molecule has 0 saturated carbocycles. The minimum Gasteiger partial charge on any atom is -0.478 e. The number of pyridine rings is 1. The van der Waals surface area contributed by atoms with Gasteiger partial charge in [-0.05, 0) is 57.5 Å². The van der Waals surface area contributed by atoms with Gasteiger partial charge in [-0.2, -0.15) is 0 Å². The van der Waals surface area contributed by atoms with Gasteiger partial charge in [0, 0.05) is 72.8 Å². The van der Waals surface area contributed by atoms with Crippen molar-refractivity contribution in [3.8, 4) is 17.1 Å². The predicted molar refractivity (Wildman–Crippen MR) is 138 cm³/mol. The molecule has 0 aliphatic carbocycles. The minimum absolute atomic E-state index is 0.576.